The van der Waals surface area contributed by atoms with E-state index in [1.165, 1.54) is 48.4 Å². The lowest BCUT2D eigenvalue weighted by atomic mass is 9.95. The molecule has 0 aliphatic carbocycles. The fourth-order valence-electron chi connectivity index (χ4n) is 4.08. The molecule has 0 bridgehead atoms. The van der Waals surface area contributed by atoms with E-state index < -0.39 is 33.5 Å². The number of hydrogen-bond acceptors (Lipinski definition) is 7. The second kappa shape index (κ2) is 10.3. The molecule has 0 aromatic heterocycles. The smallest absolute Gasteiger partial charge is 0.300 e. The highest BCUT2D eigenvalue weighted by Gasteiger charge is 2.47. The highest BCUT2D eigenvalue weighted by molar-refractivity contribution is 7.89. The quantitative estimate of drug-likeness (QED) is 0.261. The number of rotatable bonds is 7. The number of methoxy groups -OCH3 is 1. The van der Waals surface area contributed by atoms with Crippen molar-refractivity contribution < 1.29 is 32.6 Å². The van der Waals surface area contributed by atoms with Crippen molar-refractivity contribution in [3.05, 3.63) is 88.5 Å². The summed E-state index contributed by atoms with van der Waals surface area (Å²) in [6.45, 7) is 2.16. The summed E-state index contributed by atoms with van der Waals surface area (Å²) in [5.74, 6) is -1.36. The Morgan fingerprint density at radius 3 is 2.22 bits per heavy atom. The third kappa shape index (κ3) is 5.04. The van der Waals surface area contributed by atoms with Crippen LogP contribution in [0.25, 0.3) is 5.76 Å². The summed E-state index contributed by atoms with van der Waals surface area (Å²) in [5.41, 5.74) is 0.646. The van der Waals surface area contributed by atoms with Gasteiger partial charge in [-0.3, -0.25) is 14.5 Å². The Hall–Kier alpha value is -3.86. The maximum Gasteiger partial charge on any atom is 0.300 e. The number of benzene rings is 3. The summed E-state index contributed by atoms with van der Waals surface area (Å²) >= 11 is 6.36. The first kappa shape index (κ1) is 26.2. The number of ether oxygens (including phenoxy) is 2. The van der Waals surface area contributed by atoms with E-state index in [1.807, 2.05) is 0 Å². The zero-order chi connectivity index (χ0) is 26.9. The van der Waals surface area contributed by atoms with Gasteiger partial charge in [-0.25, -0.2) is 13.6 Å². The molecule has 0 radical (unpaired) electrons. The average Bonchev–Trinajstić information content (AvgIpc) is 3.14. The largest absolute Gasteiger partial charge is 0.507 e. The first-order chi connectivity index (χ1) is 17.6. The van der Waals surface area contributed by atoms with Crippen LogP contribution in [0.2, 0.25) is 5.02 Å². The highest BCUT2D eigenvalue weighted by atomic mass is 35.5. The Balaban J connectivity index is 1.93. The van der Waals surface area contributed by atoms with E-state index >= 15 is 0 Å². The van der Waals surface area contributed by atoms with Crippen molar-refractivity contribution in [3.63, 3.8) is 0 Å². The second-order valence-corrected chi connectivity index (χ2v) is 10.0. The third-order valence-corrected chi connectivity index (χ3v) is 7.08. The number of ketones is 1. The van der Waals surface area contributed by atoms with E-state index in [1.54, 1.807) is 37.3 Å². The van der Waals surface area contributed by atoms with Crippen LogP contribution in [0.4, 0.5) is 5.69 Å². The van der Waals surface area contributed by atoms with Crippen molar-refractivity contribution in [2.45, 2.75) is 17.9 Å². The topological polar surface area (TPSA) is 136 Å². The zero-order valence-corrected chi connectivity index (χ0v) is 21.4. The van der Waals surface area contributed by atoms with Gasteiger partial charge in [-0.05, 0) is 67.1 Å². The molecule has 3 aromatic rings. The normalized spacial score (nSPS) is 17.2. The number of Topliss-reactive ketones (excluding diaryl/α,β-unsaturated/α-hetero) is 1. The predicted molar refractivity (Wildman–Crippen MR) is 138 cm³/mol. The molecular formula is C26H23ClN2O7S. The number of carbonyl (C=O) groups is 2. The van der Waals surface area contributed by atoms with E-state index in [0.29, 0.717) is 23.7 Å². The zero-order valence-electron chi connectivity index (χ0n) is 19.8. The minimum atomic E-state index is -3.97. The molecule has 1 atom stereocenters. The molecule has 3 N–H and O–H groups in total. The number of aliphatic hydroxyl groups excluding tert-OH is 1. The molecule has 9 nitrogen and oxygen atoms in total. The maximum atomic E-state index is 13.3. The van der Waals surface area contributed by atoms with Crippen molar-refractivity contribution in [1.29, 1.82) is 0 Å². The van der Waals surface area contributed by atoms with Gasteiger partial charge in [0.1, 0.15) is 17.3 Å². The van der Waals surface area contributed by atoms with E-state index in [0.717, 1.165) is 0 Å². The van der Waals surface area contributed by atoms with Crippen molar-refractivity contribution in [3.8, 4) is 11.5 Å². The minimum Gasteiger partial charge on any atom is -0.507 e. The number of sulfonamides is 1. The summed E-state index contributed by atoms with van der Waals surface area (Å²) in [7, 11) is -2.47. The minimum absolute atomic E-state index is 0.119. The van der Waals surface area contributed by atoms with E-state index in [4.69, 9.17) is 26.2 Å². The number of nitrogens with zero attached hydrogens (tertiary/aromatic N) is 1. The number of carbonyl (C=O) groups excluding carboxylic acids is 2. The van der Waals surface area contributed by atoms with Gasteiger partial charge >= 0.3 is 0 Å². The van der Waals surface area contributed by atoms with Crippen LogP contribution in [0.1, 0.15) is 24.1 Å². The van der Waals surface area contributed by atoms with Crippen molar-refractivity contribution >= 4 is 44.8 Å². The van der Waals surface area contributed by atoms with Crippen LogP contribution in [0.15, 0.2) is 77.2 Å². The summed E-state index contributed by atoms with van der Waals surface area (Å²) < 4.78 is 34.1. The summed E-state index contributed by atoms with van der Waals surface area (Å²) in [5, 5.41) is 16.7. The van der Waals surface area contributed by atoms with Crippen LogP contribution >= 0.6 is 11.6 Å². The van der Waals surface area contributed by atoms with Crippen molar-refractivity contribution in [2.75, 3.05) is 18.6 Å². The summed E-state index contributed by atoms with van der Waals surface area (Å²) in [4.78, 5) is 27.7. The van der Waals surface area contributed by atoms with Gasteiger partial charge in [-0.15, -0.1) is 0 Å². The Bertz CT molecular complexity index is 1500. The second-order valence-electron chi connectivity index (χ2n) is 8.06. The Labute approximate surface area is 218 Å². The lowest BCUT2D eigenvalue weighted by Gasteiger charge is -2.26. The maximum absolute atomic E-state index is 13.3. The number of aliphatic hydroxyl groups is 1. The van der Waals surface area contributed by atoms with Gasteiger partial charge in [0.25, 0.3) is 11.7 Å². The van der Waals surface area contributed by atoms with Crippen LogP contribution in [0.3, 0.4) is 0 Å². The van der Waals surface area contributed by atoms with Gasteiger partial charge in [0.2, 0.25) is 10.0 Å². The van der Waals surface area contributed by atoms with Gasteiger partial charge < -0.3 is 14.6 Å². The molecule has 1 aliphatic heterocycles. The molecule has 1 amide bonds. The number of nitrogens with two attached hydrogens (primary N) is 1. The first-order valence-corrected chi connectivity index (χ1v) is 13.0. The molecule has 0 saturated carbocycles. The standard InChI is InChI=1S/C26H23ClN2O7S/c1-3-36-18-10-13-21(27)20(14-18)24(30)22-23(15-4-8-17(35-2)9-5-15)29(26(32)25(22)31)16-6-11-19(12-7-16)37(28,33)34/h4-14,23,30H,3H2,1-2H3,(H2,28,33,34)/b24-22+. The summed E-state index contributed by atoms with van der Waals surface area (Å²) in [6.07, 6.45) is 0. The first-order valence-electron chi connectivity index (χ1n) is 11.1. The van der Waals surface area contributed by atoms with E-state index in [-0.39, 0.29) is 26.7 Å². The third-order valence-electron chi connectivity index (χ3n) is 5.82. The number of primary sulfonamides is 1. The highest BCUT2D eigenvalue weighted by Crippen LogP contribution is 2.43. The molecule has 37 heavy (non-hydrogen) atoms. The van der Waals surface area contributed by atoms with Gasteiger partial charge in [-0.2, -0.15) is 0 Å². The fourth-order valence-corrected chi connectivity index (χ4v) is 4.81. The average molecular weight is 543 g/mol. The molecular weight excluding hydrogens is 520 g/mol. The summed E-state index contributed by atoms with van der Waals surface area (Å²) in [6, 6.07) is 15.4. The number of hydrogen-bond donors (Lipinski definition) is 2. The van der Waals surface area contributed by atoms with E-state index in [2.05, 4.69) is 0 Å². The Kier molecular flexibility index (Phi) is 7.26. The van der Waals surface area contributed by atoms with Gasteiger partial charge in [0.15, 0.2) is 0 Å². The van der Waals surface area contributed by atoms with Crippen LogP contribution < -0.4 is 19.5 Å². The van der Waals surface area contributed by atoms with Gasteiger partial charge in [0.05, 0.1) is 35.2 Å². The van der Waals surface area contributed by atoms with Crippen LogP contribution in [0.5, 0.6) is 11.5 Å². The molecule has 11 heteroatoms. The van der Waals surface area contributed by atoms with Crippen LogP contribution in [0, 0.1) is 0 Å². The molecule has 1 fully saturated rings. The molecule has 1 saturated heterocycles. The SMILES string of the molecule is CCOc1ccc(Cl)c(/C(O)=C2\C(=O)C(=O)N(c3ccc(S(N)(=O)=O)cc3)C2c2ccc(OC)cc2)c1. The fraction of sp³-hybridized carbons (Fsp3) is 0.154. The van der Waals surface area contributed by atoms with Gasteiger partial charge in [-0.1, -0.05) is 23.7 Å². The molecule has 192 valence electrons. The molecule has 0 spiro atoms. The predicted octanol–water partition coefficient (Wildman–Crippen LogP) is 4.02. The number of halogens is 1. The van der Waals surface area contributed by atoms with Gasteiger partial charge in [0, 0.05) is 11.3 Å². The van der Waals surface area contributed by atoms with Crippen LogP contribution in [-0.2, 0) is 19.6 Å². The van der Waals surface area contributed by atoms with Crippen molar-refractivity contribution in [2.24, 2.45) is 5.14 Å². The molecule has 1 heterocycles. The number of amides is 1. The molecule has 1 unspecified atom stereocenters. The van der Waals surface area contributed by atoms with E-state index in [9.17, 15) is 23.1 Å². The lowest BCUT2D eigenvalue weighted by Crippen LogP contribution is -2.29. The Morgan fingerprint density at radius 1 is 1.03 bits per heavy atom. The monoisotopic (exact) mass is 542 g/mol. The van der Waals surface area contributed by atoms with Crippen molar-refractivity contribution in [1.82, 2.24) is 0 Å². The molecule has 3 aromatic carbocycles. The van der Waals surface area contributed by atoms with Crippen LogP contribution in [-0.4, -0.2) is 38.9 Å². The molecule has 4 rings (SSSR count). The molecule has 1 aliphatic rings. The number of anilines is 1. The Morgan fingerprint density at radius 2 is 1.65 bits per heavy atom. The lowest BCUT2D eigenvalue weighted by molar-refractivity contribution is -0.132.